The molecule has 1 heterocycles. The molecule has 0 saturated carbocycles. The largest absolute Gasteiger partial charge is 0.550 e. The van der Waals surface area contributed by atoms with Gasteiger partial charge in [0.2, 0.25) is 0 Å². The van der Waals surface area contributed by atoms with Crippen LogP contribution in [-0.2, 0) is 11.2 Å². The van der Waals surface area contributed by atoms with E-state index in [4.69, 9.17) is 0 Å². The lowest BCUT2D eigenvalue weighted by Gasteiger charge is -2.31. The SMILES string of the molecule is CC[NH+]1CCN(C(=O)c2ccc(CCC(=O)[O-])cc2)CC1. The number of aliphatic carboxylic acids is 1. The molecule has 21 heavy (non-hydrogen) atoms. The molecule has 0 bridgehead atoms. The van der Waals surface area contributed by atoms with E-state index in [1.54, 1.807) is 12.1 Å². The van der Waals surface area contributed by atoms with Crippen molar-refractivity contribution in [3.8, 4) is 0 Å². The van der Waals surface area contributed by atoms with Crippen molar-refractivity contribution in [3.63, 3.8) is 0 Å². The van der Waals surface area contributed by atoms with E-state index in [-0.39, 0.29) is 12.3 Å². The number of piperazine rings is 1. The van der Waals surface area contributed by atoms with Gasteiger partial charge in [-0.15, -0.1) is 0 Å². The van der Waals surface area contributed by atoms with Crippen LogP contribution in [0.1, 0.15) is 29.3 Å². The highest BCUT2D eigenvalue weighted by Gasteiger charge is 2.23. The van der Waals surface area contributed by atoms with Crippen LogP contribution in [0.5, 0.6) is 0 Å². The first-order valence-electron chi connectivity index (χ1n) is 7.51. The van der Waals surface area contributed by atoms with Crippen molar-refractivity contribution < 1.29 is 19.6 Å². The summed E-state index contributed by atoms with van der Waals surface area (Å²) >= 11 is 0. The Morgan fingerprint density at radius 2 is 1.81 bits per heavy atom. The van der Waals surface area contributed by atoms with E-state index < -0.39 is 5.97 Å². The third-order valence-corrected chi connectivity index (χ3v) is 4.08. The fraction of sp³-hybridized carbons (Fsp3) is 0.500. The van der Waals surface area contributed by atoms with Crippen LogP contribution >= 0.6 is 0 Å². The maximum atomic E-state index is 12.4. The lowest BCUT2D eigenvalue weighted by Crippen LogP contribution is -3.14. The molecule has 0 spiro atoms. The quantitative estimate of drug-likeness (QED) is 0.735. The first-order valence-corrected chi connectivity index (χ1v) is 7.51. The van der Waals surface area contributed by atoms with Gasteiger partial charge in [-0.2, -0.15) is 0 Å². The van der Waals surface area contributed by atoms with Gasteiger partial charge in [-0.05, 0) is 37.5 Å². The molecule has 5 nitrogen and oxygen atoms in total. The van der Waals surface area contributed by atoms with Crippen LogP contribution in [0.2, 0.25) is 0 Å². The second kappa shape index (κ2) is 7.22. The Balaban J connectivity index is 1.92. The summed E-state index contributed by atoms with van der Waals surface area (Å²) < 4.78 is 0. The van der Waals surface area contributed by atoms with Gasteiger partial charge in [0.15, 0.2) is 0 Å². The van der Waals surface area contributed by atoms with Gasteiger partial charge in [0.05, 0.1) is 32.7 Å². The van der Waals surface area contributed by atoms with Crippen LogP contribution in [-0.4, -0.2) is 49.5 Å². The summed E-state index contributed by atoms with van der Waals surface area (Å²) in [6.07, 6.45) is 0.449. The topological polar surface area (TPSA) is 64.9 Å². The monoisotopic (exact) mass is 290 g/mol. The Labute approximate surface area is 125 Å². The number of carbonyl (C=O) groups is 2. The lowest BCUT2D eigenvalue weighted by molar-refractivity contribution is -0.902. The van der Waals surface area contributed by atoms with Crippen LogP contribution < -0.4 is 10.0 Å². The van der Waals surface area contributed by atoms with Gasteiger partial charge in [0.1, 0.15) is 0 Å². The van der Waals surface area contributed by atoms with E-state index >= 15 is 0 Å². The molecule has 0 aromatic heterocycles. The summed E-state index contributed by atoms with van der Waals surface area (Å²) in [4.78, 5) is 26.3. The van der Waals surface area contributed by atoms with Crippen molar-refractivity contribution in [1.29, 1.82) is 0 Å². The fourth-order valence-electron chi connectivity index (χ4n) is 2.62. The third kappa shape index (κ3) is 4.29. The molecule has 1 N–H and O–H groups in total. The molecule has 114 valence electrons. The molecule has 0 unspecified atom stereocenters. The molecule has 1 fully saturated rings. The number of quaternary nitrogens is 1. The molecule has 1 amide bonds. The van der Waals surface area contributed by atoms with Gasteiger partial charge in [-0.25, -0.2) is 0 Å². The summed E-state index contributed by atoms with van der Waals surface area (Å²) in [7, 11) is 0. The van der Waals surface area contributed by atoms with Crippen molar-refractivity contribution in [1.82, 2.24) is 4.90 Å². The van der Waals surface area contributed by atoms with Gasteiger partial charge < -0.3 is 19.7 Å². The summed E-state index contributed by atoms with van der Waals surface area (Å²) in [5.41, 5.74) is 1.59. The van der Waals surface area contributed by atoms with E-state index in [9.17, 15) is 14.7 Å². The standard InChI is InChI=1S/C16H22N2O3/c1-2-17-9-11-18(12-10-17)16(21)14-6-3-13(4-7-14)5-8-15(19)20/h3-4,6-7H,2,5,8-12H2,1H3,(H,19,20). The second-order valence-corrected chi connectivity index (χ2v) is 5.46. The van der Waals surface area contributed by atoms with Gasteiger partial charge in [-0.3, -0.25) is 4.79 Å². The minimum atomic E-state index is -1.05. The number of hydrogen-bond donors (Lipinski definition) is 1. The smallest absolute Gasteiger partial charge is 0.254 e. The molecular formula is C16H22N2O3. The average Bonchev–Trinajstić information content (AvgIpc) is 2.53. The fourth-order valence-corrected chi connectivity index (χ4v) is 2.62. The molecule has 1 aliphatic rings. The molecule has 0 aliphatic carbocycles. The van der Waals surface area contributed by atoms with Crippen LogP contribution in [0.3, 0.4) is 0 Å². The molecule has 0 radical (unpaired) electrons. The van der Waals surface area contributed by atoms with Crippen molar-refractivity contribution in [2.75, 3.05) is 32.7 Å². The molecule has 1 aliphatic heterocycles. The number of rotatable bonds is 5. The van der Waals surface area contributed by atoms with Gasteiger partial charge in [-0.1, -0.05) is 12.1 Å². The summed E-state index contributed by atoms with van der Waals surface area (Å²) in [5.74, 6) is -0.983. The molecule has 1 aromatic carbocycles. The molecule has 0 atom stereocenters. The normalized spacial score (nSPS) is 16.0. The summed E-state index contributed by atoms with van der Waals surface area (Å²) in [5, 5.41) is 10.4. The van der Waals surface area contributed by atoms with E-state index in [0.717, 1.165) is 38.3 Å². The second-order valence-electron chi connectivity index (χ2n) is 5.46. The number of hydrogen-bond acceptors (Lipinski definition) is 3. The number of nitrogens with zero attached hydrogens (tertiary/aromatic N) is 1. The van der Waals surface area contributed by atoms with Gasteiger partial charge in [0, 0.05) is 11.5 Å². The predicted molar refractivity (Wildman–Crippen MR) is 76.9 cm³/mol. The highest BCUT2D eigenvalue weighted by Crippen LogP contribution is 2.09. The first kappa shape index (κ1) is 15.5. The molecule has 1 saturated heterocycles. The number of nitrogens with one attached hydrogen (secondary N) is 1. The third-order valence-electron chi connectivity index (χ3n) is 4.08. The Morgan fingerprint density at radius 1 is 1.19 bits per heavy atom. The highest BCUT2D eigenvalue weighted by molar-refractivity contribution is 5.94. The number of carboxylic acids is 1. The zero-order chi connectivity index (χ0) is 15.2. The van der Waals surface area contributed by atoms with Crippen LogP contribution in [0, 0.1) is 0 Å². The van der Waals surface area contributed by atoms with Gasteiger partial charge >= 0.3 is 0 Å². The zero-order valence-electron chi connectivity index (χ0n) is 12.4. The number of carboxylic acid groups (broad SMARTS) is 1. The summed E-state index contributed by atoms with van der Waals surface area (Å²) in [6.45, 7) is 6.88. The number of aryl methyl sites for hydroxylation is 1. The minimum Gasteiger partial charge on any atom is -0.550 e. The Bertz CT molecular complexity index is 491. The van der Waals surface area contributed by atoms with E-state index in [1.165, 1.54) is 4.90 Å². The first-order chi connectivity index (χ1) is 10.1. The van der Waals surface area contributed by atoms with Crippen molar-refractivity contribution in [3.05, 3.63) is 35.4 Å². The van der Waals surface area contributed by atoms with E-state index in [1.807, 2.05) is 17.0 Å². The number of likely N-dealkylation sites (N-methyl/N-ethyl adjacent to an activating group) is 1. The molecule has 5 heteroatoms. The number of carbonyl (C=O) groups excluding carboxylic acids is 2. The zero-order valence-corrected chi connectivity index (χ0v) is 12.4. The highest BCUT2D eigenvalue weighted by atomic mass is 16.4. The van der Waals surface area contributed by atoms with E-state index in [2.05, 4.69) is 6.92 Å². The lowest BCUT2D eigenvalue weighted by atomic mass is 10.1. The van der Waals surface area contributed by atoms with Crippen molar-refractivity contribution in [2.45, 2.75) is 19.8 Å². The summed E-state index contributed by atoms with van der Waals surface area (Å²) in [6, 6.07) is 7.21. The average molecular weight is 290 g/mol. The van der Waals surface area contributed by atoms with E-state index in [0.29, 0.717) is 12.0 Å². The Kier molecular flexibility index (Phi) is 5.33. The Hall–Kier alpha value is -1.88. The van der Waals surface area contributed by atoms with Gasteiger partial charge in [0.25, 0.3) is 5.91 Å². The maximum absolute atomic E-state index is 12.4. The molecule has 2 rings (SSSR count). The van der Waals surface area contributed by atoms with Crippen molar-refractivity contribution in [2.24, 2.45) is 0 Å². The number of amides is 1. The van der Waals surface area contributed by atoms with Crippen LogP contribution in [0.15, 0.2) is 24.3 Å². The van der Waals surface area contributed by atoms with Crippen LogP contribution in [0.25, 0.3) is 0 Å². The molecule has 1 aromatic rings. The maximum Gasteiger partial charge on any atom is 0.254 e. The number of benzene rings is 1. The molecular weight excluding hydrogens is 268 g/mol. The Morgan fingerprint density at radius 3 is 2.33 bits per heavy atom. The minimum absolute atomic E-state index is 0.00898. The van der Waals surface area contributed by atoms with Crippen LogP contribution in [0.4, 0.5) is 0 Å². The van der Waals surface area contributed by atoms with Crippen molar-refractivity contribution >= 4 is 11.9 Å². The predicted octanol–water partition coefficient (Wildman–Crippen LogP) is -1.27.